The Morgan fingerprint density at radius 1 is 1.10 bits per heavy atom. The van der Waals surface area contributed by atoms with E-state index in [2.05, 4.69) is 0 Å². The molecule has 0 fully saturated rings. The van der Waals surface area contributed by atoms with Crippen molar-refractivity contribution in [3.8, 4) is 5.75 Å². The molecule has 0 atom stereocenters. The summed E-state index contributed by atoms with van der Waals surface area (Å²) in [5.74, 6) is 0.140. The fourth-order valence-electron chi connectivity index (χ4n) is 0.562. The van der Waals surface area contributed by atoms with Crippen LogP contribution in [0.15, 0.2) is 18.2 Å². The van der Waals surface area contributed by atoms with Gasteiger partial charge in [0.2, 0.25) is 0 Å². The second kappa shape index (κ2) is 3.71. The maximum absolute atomic E-state index is 8.80. The van der Waals surface area contributed by atoms with Gasteiger partial charge in [0, 0.05) is 6.07 Å². The summed E-state index contributed by atoms with van der Waals surface area (Å²) in [5, 5.41) is 8.80. The van der Waals surface area contributed by atoms with Crippen LogP contribution in [0.2, 0.25) is 0 Å². The number of hydrogen-bond donors (Lipinski definition) is 3. The van der Waals surface area contributed by atoms with Crippen LogP contribution in [-0.2, 0) is 0 Å². The molecule has 0 unspecified atom stereocenters. The third-order valence-corrected chi connectivity index (χ3v) is 1.07. The van der Waals surface area contributed by atoms with Gasteiger partial charge in [0.15, 0.2) is 0 Å². The van der Waals surface area contributed by atoms with Gasteiger partial charge in [-0.2, -0.15) is 0 Å². The van der Waals surface area contributed by atoms with Crippen LogP contribution in [-0.4, -0.2) is 5.11 Å². The van der Waals surface area contributed by atoms with Crippen LogP contribution in [0.4, 0.5) is 11.4 Å². The monoisotopic (exact) mass is 147 g/mol. The Morgan fingerprint density at radius 2 is 1.70 bits per heavy atom. The van der Waals surface area contributed by atoms with Crippen molar-refractivity contribution in [2.24, 2.45) is 0 Å². The average Bonchev–Trinajstić information content (AvgIpc) is 1.80. The van der Waals surface area contributed by atoms with E-state index in [1.54, 1.807) is 6.07 Å². The van der Waals surface area contributed by atoms with Crippen LogP contribution in [0, 0.1) is 0 Å². The quantitative estimate of drug-likeness (QED) is 0.217. The summed E-state index contributed by atoms with van der Waals surface area (Å²) >= 11 is 0. The molecule has 0 spiro atoms. The van der Waals surface area contributed by atoms with Gasteiger partial charge in [0.1, 0.15) is 5.75 Å². The number of aromatic hydroxyl groups is 1. The molecule has 1 aromatic rings. The molecule has 3 nitrogen and oxygen atoms in total. The van der Waals surface area contributed by atoms with Gasteiger partial charge >= 0.3 is 29.6 Å². The van der Waals surface area contributed by atoms with Crippen LogP contribution in [0.3, 0.4) is 0 Å². The maximum Gasteiger partial charge on any atom is 1.00 e. The van der Waals surface area contributed by atoms with Crippen molar-refractivity contribution in [2.75, 3.05) is 11.5 Å². The Bertz CT molecular complexity index is 227. The largest absolute Gasteiger partial charge is 1.00 e. The van der Waals surface area contributed by atoms with Crippen LogP contribution in [0.5, 0.6) is 5.75 Å². The number of phenols is 1. The minimum Gasteiger partial charge on any atom is -0.508 e. The van der Waals surface area contributed by atoms with E-state index in [4.69, 9.17) is 16.6 Å². The molecule has 5 N–H and O–H groups in total. The Hall–Kier alpha value is -0.380. The molecule has 0 saturated carbocycles. The predicted octanol–water partition coefficient (Wildman–Crippen LogP) is -2.44. The van der Waals surface area contributed by atoms with Gasteiger partial charge in [0.05, 0.1) is 11.4 Å². The molecule has 1 rings (SSSR count). The summed E-state index contributed by atoms with van der Waals surface area (Å²) in [6, 6.07) is 4.46. The fraction of sp³-hybridized carbons (Fsp3) is 0. The molecule has 1 aromatic carbocycles. The zero-order valence-electron chi connectivity index (χ0n) is 5.83. The van der Waals surface area contributed by atoms with Crippen LogP contribution < -0.4 is 41.0 Å². The van der Waals surface area contributed by atoms with Crippen LogP contribution >= 0.6 is 0 Å². The standard InChI is InChI=1S/C6H8N2O.Na/c7-5-2-1-4(9)3-6(5)8;/h1-3,9H,7-8H2;/q;+1. The molecular weight excluding hydrogens is 139 g/mol. The molecule has 0 amide bonds. The zero-order chi connectivity index (χ0) is 6.85. The third-order valence-electron chi connectivity index (χ3n) is 1.07. The van der Waals surface area contributed by atoms with Crippen molar-refractivity contribution in [3.63, 3.8) is 0 Å². The van der Waals surface area contributed by atoms with E-state index in [1.165, 1.54) is 12.1 Å². The van der Waals surface area contributed by atoms with Crippen molar-refractivity contribution < 1.29 is 34.7 Å². The molecule has 0 aliphatic carbocycles. The Balaban J connectivity index is 0.000000810. The van der Waals surface area contributed by atoms with E-state index in [9.17, 15) is 0 Å². The zero-order valence-corrected chi connectivity index (χ0v) is 7.83. The van der Waals surface area contributed by atoms with E-state index in [0.29, 0.717) is 11.4 Å². The summed E-state index contributed by atoms with van der Waals surface area (Å²) in [6.07, 6.45) is 0. The fourth-order valence-corrected chi connectivity index (χ4v) is 0.562. The topological polar surface area (TPSA) is 72.3 Å². The first-order chi connectivity index (χ1) is 4.20. The molecule has 0 heterocycles. The van der Waals surface area contributed by atoms with Gasteiger partial charge in [-0.25, -0.2) is 0 Å². The minimum absolute atomic E-state index is 0. The SMILES string of the molecule is Nc1ccc(O)cc1N.[Na+]. The van der Waals surface area contributed by atoms with Gasteiger partial charge in [-0.15, -0.1) is 0 Å². The first kappa shape index (κ1) is 9.62. The number of hydrogen-bond acceptors (Lipinski definition) is 3. The van der Waals surface area contributed by atoms with E-state index < -0.39 is 0 Å². The van der Waals surface area contributed by atoms with Crippen molar-refractivity contribution in [2.45, 2.75) is 0 Å². The second-order valence-corrected chi connectivity index (χ2v) is 1.81. The van der Waals surface area contributed by atoms with E-state index in [-0.39, 0.29) is 35.3 Å². The van der Waals surface area contributed by atoms with Gasteiger partial charge in [-0.1, -0.05) is 0 Å². The van der Waals surface area contributed by atoms with Gasteiger partial charge in [0.25, 0.3) is 0 Å². The maximum atomic E-state index is 8.80. The number of nitrogens with two attached hydrogens (primary N) is 2. The predicted molar refractivity (Wildman–Crippen MR) is 36.9 cm³/mol. The van der Waals surface area contributed by atoms with Crippen LogP contribution in [0.25, 0.3) is 0 Å². The van der Waals surface area contributed by atoms with E-state index in [1.807, 2.05) is 0 Å². The number of rotatable bonds is 0. The number of nitrogen functional groups attached to an aromatic ring is 2. The van der Waals surface area contributed by atoms with Crippen LogP contribution in [0.1, 0.15) is 0 Å². The van der Waals surface area contributed by atoms with E-state index >= 15 is 0 Å². The first-order valence-electron chi connectivity index (χ1n) is 2.54. The van der Waals surface area contributed by atoms with Gasteiger partial charge < -0.3 is 16.6 Å². The van der Waals surface area contributed by atoms with Crippen molar-refractivity contribution in [3.05, 3.63) is 18.2 Å². The molecule has 0 aliphatic rings. The summed E-state index contributed by atoms with van der Waals surface area (Å²) < 4.78 is 0. The Kier molecular flexibility index (Phi) is 3.57. The number of benzene rings is 1. The Labute approximate surface area is 81.3 Å². The minimum atomic E-state index is 0. The molecule has 48 valence electrons. The molecule has 0 bridgehead atoms. The summed E-state index contributed by atoms with van der Waals surface area (Å²) in [4.78, 5) is 0. The Morgan fingerprint density at radius 3 is 2.10 bits per heavy atom. The summed E-state index contributed by atoms with van der Waals surface area (Å²) in [5.41, 5.74) is 11.6. The van der Waals surface area contributed by atoms with Crippen molar-refractivity contribution in [1.29, 1.82) is 0 Å². The number of phenolic OH excluding ortho intramolecular Hbond substituents is 1. The van der Waals surface area contributed by atoms with E-state index in [0.717, 1.165) is 0 Å². The average molecular weight is 147 g/mol. The van der Waals surface area contributed by atoms with Gasteiger partial charge in [-0.05, 0) is 12.1 Å². The second-order valence-electron chi connectivity index (χ2n) is 1.81. The molecular formula is C6H8N2NaO+. The molecule has 0 saturated heterocycles. The normalized spacial score (nSPS) is 8.40. The summed E-state index contributed by atoms with van der Waals surface area (Å²) in [7, 11) is 0. The number of anilines is 2. The molecule has 10 heavy (non-hydrogen) atoms. The molecule has 0 aliphatic heterocycles. The first-order valence-corrected chi connectivity index (χ1v) is 2.54. The molecule has 4 heteroatoms. The van der Waals surface area contributed by atoms with Crippen molar-refractivity contribution in [1.82, 2.24) is 0 Å². The third kappa shape index (κ3) is 2.10. The summed E-state index contributed by atoms with van der Waals surface area (Å²) in [6.45, 7) is 0. The smallest absolute Gasteiger partial charge is 0.508 e. The molecule has 0 aromatic heterocycles. The van der Waals surface area contributed by atoms with Crippen molar-refractivity contribution >= 4 is 11.4 Å². The van der Waals surface area contributed by atoms with Gasteiger partial charge in [-0.3, -0.25) is 0 Å². The molecule has 0 radical (unpaired) electrons.